The molecule has 7 heteroatoms. The van der Waals surface area contributed by atoms with Gasteiger partial charge in [-0.25, -0.2) is 0 Å². The van der Waals surface area contributed by atoms with Gasteiger partial charge in [-0.05, 0) is 46.3 Å². The van der Waals surface area contributed by atoms with Crippen molar-refractivity contribution in [3.05, 3.63) is 38.3 Å². The summed E-state index contributed by atoms with van der Waals surface area (Å²) in [6.07, 6.45) is 0. The van der Waals surface area contributed by atoms with Gasteiger partial charge < -0.3 is 5.11 Å². The Balaban J connectivity index is 2.62. The molecule has 2 N–H and O–H groups in total. The molecule has 0 aliphatic carbocycles. The SMILES string of the molecule is OCc1n[nH]c(=S)n1-c1ccc(Cl)c(Br)c1. The Morgan fingerprint density at radius 1 is 1.56 bits per heavy atom. The van der Waals surface area contributed by atoms with Crippen LogP contribution in [0.3, 0.4) is 0 Å². The molecule has 0 unspecified atom stereocenters. The zero-order valence-corrected chi connectivity index (χ0v) is 11.1. The molecule has 84 valence electrons. The van der Waals surface area contributed by atoms with Crippen molar-refractivity contribution in [2.45, 2.75) is 6.61 Å². The molecule has 2 rings (SSSR count). The van der Waals surface area contributed by atoms with Crippen LogP contribution in [-0.4, -0.2) is 19.9 Å². The van der Waals surface area contributed by atoms with Crippen molar-refractivity contribution in [3.63, 3.8) is 0 Å². The molecule has 1 heterocycles. The van der Waals surface area contributed by atoms with Crippen molar-refractivity contribution in [2.24, 2.45) is 0 Å². The second-order valence-electron chi connectivity index (χ2n) is 3.04. The first-order valence-electron chi connectivity index (χ1n) is 4.36. The van der Waals surface area contributed by atoms with Gasteiger partial charge in [0, 0.05) is 4.47 Å². The smallest absolute Gasteiger partial charge is 0.199 e. The highest BCUT2D eigenvalue weighted by Crippen LogP contribution is 2.25. The number of nitrogens with zero attached hydrogens (tertiary/aromatic N) is 2. The van der Waals surface area contributed by atoms with Gasteiger partial charge in [-0.3, -0.25) is 9.67 Å². The molecule has 1 aromatic heterocycles. The average Bonchev–Trinajstić information content (AvgIpc) is 2.64. The Morgan fingerprint density at radius 2 is 2.31 bits per heavy atom. The molecule has 0 radical (unpaired) electrons. The summed E-state index contributed by atoms with van der Waals surface area (Å²) in [5.41, 5.74) is 0.791. The highest BCUT2D eigenvalue weighted by molar-refractivity contribution is 9.10. The first-order chi connectivity index (χ1) is 7.63. The number of hydrogen-bond donors (Lipinski definition) is 2. The van der Waals surface area contributed by atoms with E-state index in [1.165, 1.54) is 0 Å². The lowest BCUT2D eigenvalue weighted by Gasteiger charge is -2.06. The van der Waals surface area contributed by atoms with Gasteiger partial charge in [-0.1, -0.05) is 11.6 Å². The van der Waals surface area contributed by atoms with Crippen LogP contribution in [0.25, 0.3) is 5.69 Å². The number of aromatic amines is 1. The molecule has 0 spiro atoms. The van der Waals surface area contributed by atoms with Gasteiger partial charge in [-0.2, -0.15) is 5.10 Å². The van der Waals surface area contributed by atoms with E-state index in [9.17, 15) is 0 Å². The third-order valence-corrected chi connectivity index (χ3v) is 3.53. The summed E-state index contributed by atoms with van der Waals surface area (Å²) in [6.45, 7) is -0.187. The maximum Gasteiger partial charge on any atom is 0.199 e. The maximum atomic E-state index is 9.13. The van der Waals surface area contributed by atoms with E-state index >= 15 is 0 Å². The van der Waals surface area contributed by atoms with Crippen LogP contribution in [0.5, 0.6) is 0 Å². The minimum atomic E-state index is -0.187. The second kappa shape index (κ2) is 4.67. The summed E-state index contributed by atoms with van der Waals surface area (Å²) in [5.74, 6) is 0.458. The van der Waals surface area contributed by atoms with E-state index in [1.54, 1.807) is 16.7 Å². The number of aromatic nitrogens is 3. The number of rotatable bonds is 2. The van der Waals surface area contributed by atoms with Gasteiger partial charge >= 0.3 is 0 Å². The van der Waals surface area contributed by atoms with Crippen molar-refractivity contribution in [2.75, 3.05) is 0 Å². The molecule has 0 aliphatic rings. The summed E-state index contributed by atoms with van der Waals surface area (Å²) < 4.78 is 2.84. The lowest BCUT2D eigenvalue weighted by atomic mass is 10.3. The molecule has 0 saturated heterocycles. The first kappa shape index (κ1) is 11.8. The number of aliphatic hydroxyl groups excluding tert-OH is 1. The molecule has 0 aliphatic heterocycles. The molecule has 0 saturated carbocycles. The van der Waals surface area contributed by atoms with Crippen molar-refractivity contribution < 1.29 is 5.11 Å². The van der Waals surface area contributed by atoms with Crippen LogP contribution in [-0.2, 0) is 6.61 Å². The van der Waals surface area contributed by atoms with Crippen LogP contribution in [0, 0.1) is 4.77 Å². The molecule has 0 bridgehead atoms. The molecule has 16 heavy (non-hydrogen) atoms. The van der Waals surface area contributed by atoms with Crippen LogP contribution in [0.15, 0.2) is 22.7 Å². The fourth-order valence-electron chi connectivity index (χ4n) is 1.33. The Bertz CT molecular complexity index is 580. The van der Waals surface area contributed by atoms with Crippen molar-refractivity contribution in [1.82, 2.24) is 14.8 Å². The highest BCUT2D eigenvalue weighted by Gasteiger charge is 2.08. The van der Waals surface area contributed by atoms with E-state index in [2.05, 4.69) is 26.1 Å². The summed E-state index contributed by atoms with van der Waals surface area (Å²) in [7, 11) is 0. The average molecular weight is 321 g/mol. The summed E-state index contributed by atoms with van der Waals surface area (Å²) in [5, 5.41) is 16.3. The number of H-pyrrole nitrogens is 1. The number of aliphatic hydroxyl groups is 1. The van der Waals surface area contributed by atoms with E-state index < -0.39 is 0 Å². The van der Waals surface area contributed by atoms with Crippen LogP contribution in [0.1, 0.15) is 5.82 Å². The number of halogens is 2. The predicted octanol–water partition coefficient (Wildman–Crippen LogP) is 2.84. The first-order valence-corrected chi connectivity index (χ1v) is 5.94. The molecule has 2 aromatic rings. The van der Waals surface area contributed by atoms with Gasteiger partial charge in [0.25, 0.3) is 0 Å². The Morgan fingerprint density at radius 3 is 2.94 bits per heavy atom. The molecule has 1 aromatic carbocycles. The summed E-state index contributed by atoms with van der Waals surface area (Å²) in [6, 6.07) is 5.36. The highest BCUT2D eigenvalue weighted by atomic mass is 79.9. The van der Waals surface area contributed by atoms with Gasteiger partial charge in [0.1, 0.15) is 6.61 Å². The Hall–Kier alpha value is -0.690. The molecule has 0 amide bonds. The maximum absolute atomic E-state index is 9.13. The third kappa shape index (κ3) is 2.06. The number of nitrogens with one attached hydrogen (secondary N) is 1. The van der Waals surface area contributed by atoms with E-state index in [0.29, 0.717) is 15.6 Å². The zero-order valence-electron chi connectivity index (χ0n) is 7.94. The monoisotopic (exact) mass is 319 g/mol. The third-order valence-electron chi connectivity index (χ3n) is 2.04. The van der Waals surface area contributed by atoms with Crippen LogP contribution in [0.4, 0.5) is 0 Å². The van der Waals surface area contributed by atoms with Crippen molar-refractivity contribution in [1.29, 1.82) is 0 Å². The Labute approximate surface area is 110 Å². The molecular formula is C9H7BrClN3OS. The van der Waals surface area contributed by atoms with Crippen molar-refractivity contribution >= 4 is 39.7 Å². The topological polar surface area (TPSA) is 53.8 Å². The summed E-state index contributed by atoms with van der Waals surface area (Å²) >= 11 is 14.3. The normalized spacial score (nSPS) is 10.7. The summed E-state index contributed by atoms with van der Waals surface area (Å²) in [4.78, 5) is 0. The van der Waals surface area contributed by atoms with Gasteiger partial charge in [0.15, 0.2) is 10.6 Å². The number of hydrogen-bond acceptors (Lipinski definition) is 3. The number of benzene rings is 1. The van der Waals surface area contributed by atoms with Crippen LogP contribution in [0.2, 0.25) is 5.02 Å². The standard InChI is InChI=1S/C9H7BrClN3OS/c10-6-3-5(1-2-7(6)11)14-8(4-15)12-13-9(14)16/h1-3,15H,4H2,(H,13,16). The minimum absolute atomic E-state index is 0.187. The molecular weight excluding hydrogens is 314 g/mol. The van der Waals surface area contributed by atoms with E-state index in [1.807, 2.05) is 6.07 Å². The van der Waals surface area contributed by atoms with Crippen molar-refractivity contribution in [3.8, 4) is 5.69 Å². The van der Waals surface area contributed by atoms with E-state index in [0.717, 1.165) is 10.2 Å². The second-order valence-corrected chi connectivity index (χ2v) is 4.69. The molecule has 0 atom stereocenters. The van der Waals surface area contributed by atoms with Gasteiger partial charge in [-0.15, -0.1) is 0 Å². The Kier molecular flexibility index (Phi) is 3.44. The van der Waals surface area contributed by atoms with E-state index in [-0.39, 0.29) is 6.61 Å². The van der Waals surface area contributed by atoms with Crippen LogP contribution >= 0.6 is 39.7 Å². The lowest BCUT2D eigenvalue weighted by molar-refractivity contribution is 0.269. The van der Waals surface area contributed by atoms with Gasteiger partial charge in [0.05, 0.1) is 10.7 Å². The van der Waals surface area contributed by atoms with Gasteiger partial charge in [0.2, 0.25) is 0 Å². The predicted molar refractivity (Wildman–Crippen MR) is 67.4 cm³/mol. The zero-order chi connectivity index (χ0) is 11.7. The minimum Gasteiger partial charge on any atom is -0.388 e. The quantitative estimate of drug-likeness (QED) is 0.837. The fourth-order valence-corrected chi connectivity index (χ4v) is 2.07. The fraction of sp³-hybridized carbons (Fsp3) is 0.111. The lowest BCUT2D eigenvalue weighted by Crippen LogP contribution is -2.01. The largest absolute Gasteiger partial charge is 0.388 e. The molecule has 0 fully saturated rings. The molecule has 4 nitrogen and oxygen atoms in total. The van der Waals surface area contributed by atoms with E-state index in [4.69, 9.17) is 28.9 Å². The van der Waals surface area contributed by atoms with Crippen LogP contribution < -0.4 is 0 Å².